The van der Waals surface area contributed by atoms with Crippen LogP contribution in [0.2, 0.25) is 0 Å². The Kier molecular flexibility index (Phi) is 6.15. The molecule has 1 aliphatic rings. The highest BCUT2D eigenvalue weighted by Crippen LogP contribution is 2.21. The molecule has 1 aromatic carbocycles. The zero-order valence-electron chi connectivity index (χ0n) is 10.6. The molecule has 2 nitrogen and oxygen atoms in total. The highest BCUT2D eigenvalue weighted by atomic mass is 79.9. The third-order valence-corrected chi connectivity index (χ3v) is 4.62. The van der Waals surface area contributed by atoms with E-state index in [-0.39, 0.29) is 0 Å². The van der Waals surface area contributed by atoms with Crippen molar-refractivity contribution in [3.63, 3.8) is 0 Å². The molecule has 18 heavy (non-hydrogen) atoms. The van der Waals surface area contributed by atoms with Gasteiger partial charge in [-0.15, -0.1) is 0 Å². The molecule has 1 N–H and O–H groups in total. The number of piperidine rings is 1. The average Bonchev–Trinajstić information content (AvgIpc) is 2.38. The van der Waals surface area contributed by atoms with Gasteiger partial charge in [0.05, 0.1) is 0 Å². The SMILES string of the molecule is Brc1ccc(CNCCN2CCCCC2)c(Br)c1. The quantitative estimate of drug-likeness (QED) is 0.787. The molecule has 1 saturated heterocycles. The summed E-state index contributed by atoms with van der Waals surface area (Å²) in [5.74, 6) is 0. The van der Waals surface area contributed by atoms with Gasteiger partial charge in [-0.05, 0) is 43.6 Å². The van der Waals surface area contributed by atoms with Gasteiger partial charge in [-0.3, -0.25) is 0 Å². The van der Waals surface area contributed by atoms with Crippen molar-refractivity contribution in [2.75, 3.05) is 26.2 Å². The first-order valence-corrected chi connectivity index (χ1v) is 8.21. The summed E-state index contributed by atoms with van der Waals surface area (Å²) < 4.78 is 2.29. The monoisotopic (exact) mass is 374 g/mol. The third-order valence-electron chi connectivity index (χ3n) is 3.38. The number of hydrogen-bond donors (Lipinski definition) is 1. The molecule has 1 aliphatic heterocycles. The maximum Gasteiger partial charge on any atom is 0.0231 e. The number of benzene rings is 1. The summed E-state index contributed by atoms with van der Waals surface area (Å²) >= 11 is 7.07. The number of hydrogen-bond acceptors (Lipinski definition) is 2. The molecule has 0 unspecified atom stereocenters. The highest BCUT2D eigenvalue weighted by molar-refractivity contribution is 9.11. The smallest absolute Gasteiger partial charge is 0.0231 e. The van der Waals surface area contributed by atoms with Crippen LogP contribution in [0.15, 0.2) is 27.1 Å². The second-order valence-electron chi connectivity index (χ2n) is 4.81. The maximum atomic E-state index is 3.60. The van der Waals surface area contributed by atoms with E-state index < -0.39 is 0 Å². The Balaban J connectivity index is 1.68. The molecule has 1 fully saturated rings. The molecule has 4 heteroatoms. The van der Waals surface area contributed by atoms with Gasteiger partial charge < -0.3 is 10.2 Å². The predicted octanol–water partition coefficient (Wildman–Crippen LogP) is 3.79. The van der Waals surface area contributed by atoms with Crippen LogP contribution in [0.3, 0.4) is 0 Å². The molecule has 0 saturated carbocycles. The fourth-order valence-corrected chi connectivity index (χ4v) is 3.50. The van der Waals surface area contributed by atoms with Crippen molar-refractivity contribution < 1.29 is 0 Å². The Bertz CT molecular complexity index is 376. The summed E-state index contributed by atoms with van der Waals surface area (Å²) in [7, 11) is 0. The third kappa shape index (κ3) is 4.65. The van der Waals surface area contributed by atoms with Crippen LogP contribution >= 0.6 is 31.9 Å². The highest BCUT2D eigenvalue weighted by Gasteiger charge is 2.08. The van der Waals surface area contributed by atoms with Gasteiger partial charge in [0.25, 0.3) is 0 Å². The van der Waals surface area contributed by atoms with Gasteiger partial charge >= 0.3 is 0 Å². The molecule has 0 amide bonds. The van der Waals surface area contributed by atoms with Crippen LogP contribution in [0.25, 0.3) is 0 Å². The van der Waals surface area contributed by atoms with E-state index in [9.17, 15) is 0 Å². The summed E-state index contributed by atoms with van der Waals surface area (Å²) in [6, 6.07) is 6.34. The van der Waals surface area contributed by atoms with E-state index >= 15 is 0 Å². The maximum absolute atomic E-state index is 3.60. The fourth-order valence-electron chi connectivity index (χ4n) is 2.31. The van der Waals surface area contributed by atoms with E-state index in [0.717, 1.165) is 17.6 Å². The molecule has 0 aromatic heterocycles. The normalized spacial score (nSPS) is 17.0. The minimum absolute atomic E-state index is 0.932. The Morgan fingerprint density at radius 1 is 1.11 bits per heavy atom. The standard InChI is InChI=1S/C14H20Br2N2/c15-13-5-4-12(14(16)10-13)11-17-6-9-18-7-2-1-3-8-18/h4-5,10,17H,1-3,6-9,11H2. The van der Waals surface area contributed by atoms with Gasteiger partial charge in [0.1, 0.15) is 0 Å². The predicted molar refractivity (Wildman–Crippen MR) is 83.8 cm³/mol. The van der Waals surface area contributed by atoms with Crippen LogP contribution in [-0.4, -0.2) is 31.1 Å². The molecule has 0 radical (unpaired) electrons. The van der Waals surface area contributed by atoms with E-state index in [4.69, 9.17) is 0 Å². The summed E-state index contributed by atoms with van der Waals surface area (Å²) in [4.78, 5) is 2.56. The van der Waals surface area contributed by atoms with Crippen molar-refractivity contribution in [1.29, 1.82) is 0 Å². The van der Waals surface area contributed by atoms with E-state index in [2.05, 4.69) is 60.3 Å². The average molecular weight is 376 g/mol. The van der Waals surface area contributed by atoms with Gasteiger partial charge in [-0.25, -0.2) is 0 Å². The van der Waals surface area contributed by atoms with Crippen LogP contribution in [0.4, 0.5) is 0 Å². The van der Waals surface area contributed by atoms with Crippen molar-refractivity contribution in [3.8, 4) is 0 Å². The molecular formula is C14H20Br2N2. The zero-order valence-corrected chi connectivity index (χ0v) is 13.8. The molecule has 0 atom stereocenters. The van der Waals surface area contributed by atoms with Gasteiger partial charge in [0.2, 0.25) is 0 Å². The summed E-state index contributed by atoms with van der Waals surface area (Å²) in [5, 5.41) is 3.52. The van der Waals surface area contributed by atoms with E-state index in [1.807, 2.05) is 0 Å². The van der Waals surface area contributed by atoms with Crippen LogP contribution in [-0.2, 0) is 6.54 Å². The van der Waals surface area contributed by atoms with Crippen LogP contribution in [0.5, 0.6) is 0 Å². The van der Waals surface area contributed by atoms with Gasteiger partial charge in [0, 0.05) is 28.6 Å². The lowest BCUT2D eigenvalue weighted by Gasteiger charge is -2.26. The molecular weight excluding hydrogens is 356 g/mol. The van der Waals surface area contributed by atoms with Crippen LogP contribution in [0.1, 0.15) is 24.8 Å². The summed E-state index contributed by atoms with van der Waals surface area (Å²) in [6.07, 6.45) is 4.16. The zero-order chi connectivity index (χ0) is 12.8. The van der Waals surface area contributed by atoms with Crippen LogP contribution < -0.4 is 5.32 Å². The fraction of sp³-hybridized carbons (Fsp3) is 0.571. The van der Waals surface area contributed by atoms with Crippen molar-refractivity contribution in [3.05, 3.63) is 32.7 Å². The Hall–Kier alpha value is 0.1000. The van der Waals surface area contributed by atoms with E-state index in [0.29, 0.717) is 0 Å². The largest absolute Gasteiger partial charge is 0.311 e. The number of nitrogens with one attached hydrogen (secondary N) is 1. The molecule has 0 aliphatic carbocycles. The second-order valence-corrected chi connectivity index (χ2v) is 6.58. The number of likely N-dealkylation sites (tertiary alicyclic amines) is 1. The summed E-state index contributed by atoms with van der Waals surface area (Å²) in [5.41, 5.74) is 1.32. The van der Waals surface area contributed by atoms with Crippen molar-refractivity contribution >= 4 is 31.9 Å². The number of halogens is 2. The lowest BCUT2D eigenvalue weighted by Crippen LogP contribution is -2.35. The molecule has 1 heterocycles. The first kappa shape index (κ1) is 14.5. The van der Waals surface area contributed by atoms with E-state index in [1.54, 1.807) is 0 Å². The molecule has 1 aromatic rings. The van der Waals surface area contributed by atoms with Gasteiger partial charge in [-0.2, -0.15) is 0 Å². The lowest BCUT2D eigenvalue weighted by atomic mass is 10.1. The molecule has 2 rings (SSSR count). The van der Waals surface area contributed by atoms with Crippen molar-refractivity contribution in [2.45, 2.75) is 25.8 Å². The first-order valence-electron chi connectivity index (χ1n) is 6.63. The molecule has 100 valence electrons. The number of rotatable bonds is 5. The number of nitrogens with zero attached hydrogens (tertiary/aromatic N) is 1. The lowest BCUT2D eigenvalue weighted by molar-refractivity contribution is 0.229. The van der Waals surface area contributed by atoms with Gasteiger partial charge in [-0.1, -0.05) is 44.3 Å². The minimum atomic E-state index is 0.932. The summed E-state index contributed by atoms with van der Waals surface area (Å²) in [6.45, 7) is 5.74. The Labute approximate surface area is 126 Å². The molecule has 0 bridgehead atoms. The minimum Gasteiger partial charge on any atom is -0.311 e. The van der Waals surface area contributed by atoms with Gasteiger partial charge in [0.15, 0.2) is 0 Å². The van der Waals surface area contributed by atoms with Crippen LogP contribution in [0, 0.1) is 0 Å². The molecule has 0 spiro atoms. The van der Waals surface area contributed by atoms with Crippen molar-refractivity contribution in [2.24, 2.45) is 0 Å². The topological polar surface area (TPSA) is 15.3 Å². The second kappa shape index (κ2) is 7.63. The first-order chi connectivity index (χ1) is 8.75. The van der Waals surface area contributed by atoms with Crippen molar-refractivity contribution in [1.82, 2.24) is 10.2 Å². The Morgan fingerprint density at radius 2 is 1.89 bits per heavy atom. The Morgan fingerprint density at radius 3 is 2.61 bits per heavy atom. The van der Waals surface area contributed by atoms with E-state index in [1.165, 1.54) is 48.9 Å².